The molecule has 0 aliphatic carbocycles. The predicted molar refractivity (Wildman–Crippen MR) is 84.0 cm³/mol. The molecule has 1 atom stereocenters. The van der Waals surface area contributed by atoms with Gasteiger partial charge in [0.2, 0.25) is 0 Å². The van der Waals surface area contributed by atoms with Crippen molar-refractivity contribution in [3.63, 3.8) is 0 Å². The summed E-state index contributed by atoms with van der Waals surface area (Å²) in [7, 11) is 1.75. The number of imidazole rings is 1. The fraction of sp³-hybridized carbons (Fsp3) is 0.588. The molecule has 0 radical (unpaired) electrons. The van der Waals surface area contributed by atoms with E-state index in [1.54, 1.807) is 7.11 Å². The summed E-state index contributed by atoms with van der Waals surface area (Å²) in [4.78, 5) is 4.81. The Kier molecular flexibility index (Phi) is 5.18. The minimum absolute atomic E-state index is 0.0265. The van der Waals surface area contributed by atoms with Gasteiger partial charge in [-0.1, -0.05) is 38.8 Å². The summed E-state index contributed by atoms with van der Waals surface area (Å²) in [5.41, 5.74) is 2.31. The first-order chi connectivity index (χ1) is 9.72. The zero-order valence-corrected chi connectivity index (χ0v) is 13.1. The first kappa shape index (κ1) is 15.0. The molecule has 0 spiro atoms. The number of ether oxygens (including phenoxy) is 1. The third-order valence-electron chi connectivity index (χ3n) is 3.95. The number of nitrogens with zero attached hydrogens (tertiary/aromatic N) is 2. The molecule has 3 nitrogen and oxygen atoms in total. The van der Waals surface area contributed by atoms with E-state index in [1.807, 2.05) is 0 Å². The Hall–Kier alpha value is -1.35. The monoisotopic (exact) mass is 274 g/mol. The van der Waals surface area contributed by atoms with Crippen molar-refractivity contribution >= 4 is 11.0 Å². The van der Waals surface area contributed by atoms with Crippen molar-refractivity contribution in [1.82, 2.24) is 9.55 Å². The Morgan fingerprint density at radius 2 is 1.80 bits per heavy atom. The minimum Gasteiger partial charge on any atom is -0.374 e. The van der Waals surface area contributed by atoms with E-state index in [0.29, 0.717) is 6.04 Å². The van der Waals surface area contributed by atoms with Gasteiger partial charge in [-0.15, -0.1) is 0 Å². The van der Waals surface area contributed by atoms with Crippen molar-refractivity contribution < 1.29 is 4.74 Å². The third kappa shape index (κ3) is 2.88. The lowest BCUT2D eigenvalue weighted by Gasteiger charge is -2.23. The van der Waals surface area contributed by atoms with E-state index < -0.39 is 0 Å². The molecule has 2 rings (SSSR count). The number of aromatic nitrogens is 2. The molecule has 0 bridgehead atoms. The van der Waals surface area contributed by atoms with Crippen molar-refractivity contribution in [2.24, 2.45) is 0 Å². The molecule has 0 saturated carbocycles. The predicted octanol–water partition coefficient (Wildman–Crippen LogP) is 4.89. The lowest BCUT2D eigenvalue weighted by atomic mass is 10.1. The van der Waals surface area contributed by atoms with Crippen LogP contribution in [-0.4, -0.2) is 16.7 Å². The molecule has 0 fully saturated rings. The molecular formula is C17H26N2O. The highest BCUT2D eigenvalue weighted by molar-refractivity contribution is 5.76. The van der Waals surface area contributed by atoms with E-state index in [-0.39, 0.29) is 6.10 Å². The third-order valence-corrected chi connectivity index (χ3v) is 3.95. The van der Waals surface area contributed by atoms with Gasteiger partial charge in [-0.05, 0) is 31.9 Å². The largest absolute Gasteiger partial charge is 0.374 e. The summed E-state index contributed by atoms with van der Waals surface area (Å²) in [6.07, 6.45) is 4.80. The highest BCUT2D eigenvalue weighted by atomic mass is 16.5. The number of para-hydroxylation sites is 2. The van der Waals surface area contributed by atoms with Crippen LogP contribution < -0.4 is 0 Å². The number of methoxy groups -OCH3 is 1. The molecule has 0 aliphatic heterocycles. The smallest absolute Gasteiger partial charge is 0.139 e. The van der Waals surface area contributed by atoms with Gasteiger partial charge < -0.3 is 9.30 Å². The quantitative estimate of drug-likeness (QED) is 0.719. The molecule has 1 aromatic heterocycles. The van der Waals surface area contributed by atoms with Gasteiger partial charge in [-0.3, -0.25) is 0 Å². The molecule has 110 valence electrons. The average Bonchev–Trinajstić information content (AvgIpc) is 2.85. The van der Waals surface area contributed by atoms with Crippen LogP contribution in [0.15, 0.2) is 24.3 Å². The second-order valence-corrected chi connectivity index (χ2v) is 5.44. The van der Waals surface area contributed by atoms with Gasteiger partial charge in [0.25, 0.3) is 0 Å². The van der Waals surface area contributed by atoms with Gasteiger partial charge in [0, 0.05) is 13.2 Å². The van der Waals surface area contributed by atoms with Crippen molar-refractivity contribution in [2.75, 3.05) is 7.11 Å². The molecule has 1 heterocycles. The maximum absolute atomic E-state index is 5.53. The second kappa shape index (κ2) is 6.89. The van der Waals surface area contributed by atoms with E-state index in [9.17, 15) is 0 Å². The number of hydrogen-bond donors (Lipinski definition) is 0. The summed E-state index contributed by atoms with van der Waals surface area (Å²) in [5, 5.41) is 0. The van der Waals surface area contributed by atoms with E-state index in [2.05, 4.69) is 49.6 Å². The molecule has 3 heteroatoms. The van der Waals surface area contributed by atoms with Crippen LogP contribution in [0.1, 0.15) is 64.4 Å². The molecule has 0 saturated heterocycles. The summed E-state index contributed by atoms with van der Waals surface area (Å²) in [6.45, 7) is 6.58. The van der Waals surface area contributed by atoms with E-state index >= 15 is 0 Å². The van der Waals surface area contributed by atoms with Gasteiger partial charge in [0.05, 0.1) is 11.0 Å². The fourth-order valence-corrected chi connectivity index (χ4v) is 2.91. The number of hydrogen-bond acceptors (Lipinski definition) is 2. The van der Waals surface area contributed by atoms with E-state index in [0.717, 1.165) is 11.3 Å². The Balaban J connectivity index is 2.56. The Labute approximate surface area is 122 Å². The lowest BCUT2D eigenvalue weighted by molar-refractivity contribution is 0.107. The van der Waals surface area contributed by atoms with Crippen LogP contribution in [0.3, 0.4) is 0 Å². The normalized spacial score (nSPS) is 13.2. The maximum atomic E-state index is 5.53. The number of benzene rings is 1. The first-order valence-corrected chi connectivity index (χ1v) is 7.72. The molecule has 1 aromatic carbocycles. The van der Waals surface area contributed by atoms with Crippen LogP contribution in [-0.2, 0) is 4.74 Å². The number of fused-ring (bicyclic) bond motifs is 1. The van der Waals surface area contributed by atoms with Crippen LogP contribution in [0, 0.1) is 0 Å². The Bertz CT molecular complexity index is 541. The molecule has 0 amide bonds. The van der Waals surface area contributed by atoms with Gasteiger partial charge >= 0.3 is 0 Å². The first-order valence-electron chi connectivity index (χ1n) is 7.72. The summed E-state index contributed by atoms with van der Waals surface area (Å²) in [6, 6.07) is 8.93. The Morgan fingerprint density at radius 1 is 1.15 bits per heavy atom. The molecule has 20 heavy (non-hydrogen) atoms. The lowest BCUT2D eigenvalue weighted by Crippen LogP contribution is -2.15. The molecule has 0 N–H and O–H groups in total. The minimum atomic E-state index is 0.0265. The van der Waals surface area contributed by atoms with Gasteiger partial charge in [0.1, 0.15) is 11.9 Å². The van der Waals surface area contributed by atoms with Crippen LogP contribution in [0.4, 0.5) is 0 Å². The standard InChI is InChI=1S/C17H26N2O/c1-5-9-14(10-6-2)19-16-12-8-7-11-15(16)18-17(19)13(3)20-4/h7-8,11-14H,5-6,9-10H2,1-4H3. The van der Waals surface area contributed by atoms with Crippen molar-refractivity contribution in [3.8, 4) is 0 Å². The number of rotatable bonds is 7. The highest BCUT2D eigenvalue weighted by Crippen LogP contribution is 2.30. The van der Waals surface area contributed by atoms with E-state index in [1.165, 1.54) is 31.2 Å². The highest BCUT2D eigenvalue weighted by Gasteiger charge is 2.21. The van der Waals surface area contributed by atoms with Crippen LogP contribution in [0.2, 0.25) is 0 Å². The average molecular weight is 274 g/mol. The van der Waals surface area contributed by atoms with Crippen LogP contribution in [0.5, 0.6) is 0 Å². The second-order valence-electron chi connectivity index (χ2n) is 5.44. The summed E-state index contributed by atoms with van der Waals surface area (Å²) >= 11 is 0. The van der Waals surface area contributed by atoms with Crippen LogP contribution >= 0.6 is 0 Å². The zero-order valence-electron chi connectivity index (χ0n) is 13.1. The van der Waals surface area contributed by atoms with Gasteiger partial charge in [0.15, 0.2) is 0 Å². The topological polar surface area (TPSA) is 27.1 Å². The molecular weight excluding hydrogens is 248 g/mol. The zero-order chi connectivity index (χ0) is 14.5. The van der Waals surface area contributed by atoms with Crippen molar-refractivity contribution in [3.05, 3.63) is 30.1 Å². The molecule has 2 aromatic rings. The SMILES string of the molecule is CCCC(CCC)n1c(C(C)OC)nc2ccccc21. The fourth-order valence-electron chi connectivity index (χ4n) is 2.91. The maximum Gasteiger partial charge on any atom is 0.139 e. The van der Waals surface area contributed by atoms with Crippen molar-refractivity contribution in [2.45, 2.75) is 58.6 Å². The van der Waals surface area contributed by atoms with E-state index in [4.69, 9.17) is 9.72 Å². The Morgan fingerprint density at radius 3 is 2.40 bits per heavy atom. The van der Waals surface area contributed by atoms with Gasteiger partial charge in [-0.25, -0.2) is 4.98 Å². The van der Waals surface area contributed by atoms with Crippen molar-refractivity contribution in [1.29, 1.82) is 0 Å². The van der Waals surface area contributed by atoms with Gasteiger partial charge in [-0.2, -0.15) is 0 Å². The van der Waals surface area contributed by atoms with Crippen LogP contribution in [0.25, 0.3) is 11.0 Å². The summed E-state index contributed by atoms with van der Waals surface area (Å²) in [5.74, 6) is 1.06. The molecule has 1 unspecified atom stereocenters. The summed E-state index contributed by atoms with van der Waals surface area (Å²) < 4.78 is 7.94. The molecule has 0 aliphatic rings.